The number of nitrogens with one attached hydrogen (secondary N) is 1. The van der Waals surface area contributed by atoms with Crippen LogP contribution in [0, 0.1) is 0 Å². The molecule has 1 rings (SSSR count). The zero-order valence-corrected chi connectivity index (χ0v) is 13.3. The second-order valence-corrected chi connectivity index (χ2v) is 4.83. The molecule has 0 aliphatic heterocycles. The molecule has 1 aromatic carbocycles. The Bertz CT molecular complexity index is 450. The zero-order chi connectivity index (χ0) is 15.7. The van der Waals surface area contributed by atoms with Crippen molar-refractivity contribution >= 4 is 5.97 Å². The Morgan fingerprint density at radius 3 is 2.33 bits per heavy atom. The predicted octanol–water partition coefficient (Wildman–Crippen LogP) is 2.40. The zero-order valence-electron chi connectivity index (χ0n) is 13.3. The van der Waals surface area contributed by atoms with E-state index in [0.717, 1.165) is 0 Å². The van der Waals surface area contributed by atoms with Crippen molar-refractivity contribution in [3.63, 3.8) is 0 Å². The van der Waals surface area contributed by atoms with Gasteiger partial charge in [-0.05, 0) is 32.5 Å². The second kappa shape index (κ2) is 8.52. The molecule has 0 aromatic heterocycles. The smallest absolute Gasteiger partial charge is 0.325 e. The summed E-state index contributed by atoms with van der Waals surface area (Å²) in [6.45, 7) is 7.35. The first kappa shape index (κ1) is 17.3. The fourth-order valence-electron chi connectivity index (χ4n) is 2.09. The molecule has 118 valence electrons. The number of hydrogen-bond acceptors (Lipinski definition) is 5. The topological polar surface area (TPSA) is 56.8 Å². The summed E-state index contributed by atoms with van der Waals surface area (Å²) in [6.07, 6.45) is 0.508. The molecule has 0 amide bonds. The highest BCUT2D eigenvalue weighted by atomic mass is 16.5. The Morgan fingerprint density at radius 1 is 1.19 bits per heavy atom. The summed E-state index contributed by atoms with van der Waals surface area (Å²) in [5.41, 5.74) is -0.746. The Kier molecular flexibility index (Phi) is 7.02. The maximum absolute atomic E-state index is 11.9. The molecule has 0 aliphatic rings. The van der Waals surface area contributed by atoms with E-state index in [1.54, 1.807) is 0 Å². The van der Waals surface area contributed by atoms with Gasteiger partial charge >= 0.3 is 5.97 Å². The Balaban J connectivity index is 2.64. The SMILES string of the molecule is CCNC(C)(CCOc1ccccc1OCC)C(=O)OC. The number of esters is 1. The van der Waals surface area contributed by atoms with E-state index >= 15 is 0 Å². The van der Waals surface area contributed by atoms with Crippen molar-refractivity contribution in [2.75, 3.05) is 26.9 Å². The van der Waals surface area contributed by atoms with E-state index in [1.807, 2.05) is 45.0 Å². The van der Waals surface area contributed by atoms with Crippen molar-refractivity contribution in [2.45, 2.75) is 32.7 Å². The lowest BCUT2D eigenvalue weighted by molar-refractivity contribution is -0.148. The molecule has 0 spiro atoms. The van der Waals surface area contributed by atoms with Gasteiger partial charge in [-0.3, -0.25) is 4.79 Å². The maximum atomic E-state index is 11.9. The van der Waals surface area contributed by atoms with Crippen molar-refractivity contribution in [1.29, 1.82) is 0 Å². The quantitative estimate of drug-likeness (QED) is 0.709. The molecule has 0 fully saturated rings. The fourth-order valence-corrected chi connectivity index (χ4v) is 2.09. The lowest BCUT2D eigenvalue weighted by Crippen LogP contribution is -2.51. The third-order valence-electron chi connectivity index (χ3n) is 3.21. The van der Waals surface area contributed by atoms with Gasteiger partial charge < -0.3 is 19.5 Å². The number of hydrogen-bond donors (Lipinski definition) is 1. The Morgan fingerprint density at radius 2 is 1.81 bits per heavy atom. The molecule has 1 unspecified atom stereocenters. The number of methoxy groups -OCH3 is 1. The van der Waals surface area contributed by atoms with Crippen molar-refractivity contribution in [3.05, 3.63) is 24.3 Å². The molecule has 21 heavy (non-hydrogen) atoms. The van der Waals surface area contributed by atoms with Gasteiger partial charge in [0, 0.05) is 6.42 Å². The largest absolute Gasteiger partial charge is 0.490 e. The summed E-state index contributed by atoms with van der Waals surface area (Å²) in [5.74, 6) is 1.11. The molecule has 0 saturated carbocycles. The summed E-state index contributed by atoms with van der Waals surface area (Å²) < 4.78 is 16.1. The van der Waals surface area contributed by atoms with Crippen LogP contribution in [-0.2, 0) is 9.53 Å². The van der Waals surface area contributed by atoms with Crippen LogP contribution in [0.4, 0.5) is 0 Å². The normalized spacial score (nSPS) is 13.3. The van der Waals surface area contributed by atoms with Gasteiger partial charge in [-0.2, -0.15) is 0 Å². The summed E-state index contributed by atoms with van der Waals surface area (Å²) >= 11 is 0. The number of carbonyl (C=O) groups excluding carboxylic acids is 1. The first-order valence-corrected chi connectivity index (χ1v) is 7.25. The van der Waals surface area contributed by atoms with Crippen LogP contribution in [0.1, 0.15) is 27.2 Å². The van der Waals surface area contributed by atoms with E-state index in [0.29, 0.717) is 37.7 Å². The lowest BCUT2D eigenvalue weighted by Gasteiger charge is -2.27. The highest BCUT2D eigenvalue weighted by molar-refractivity contribution is 5.80. The maximum Gasteiger partial charge on any atom is 0.325 e. The molecule has 0 saturated heterocycles. The van der Waals surface area contributed by atoms with Gasteiger partial charge in [0.25, 0.3) is 0 Å². The van der Waals surface area contributed by atoms with E-state index in [4.69, 9.17) is 14.2 Å². The minimum atomic E-state index is -0.746. The second-order valence-electron chi connectivity index (χ2n) is 4.83. The van der Waals surface area contributed by atoms with Crippen LogP contribution in [0.5, 0.6) is 11.5 Å². The number of ether oxygens (including phenoxy) is 3. The van der Waals surface area contributed by atoms with E-state index in [2.05, 4.69) is 5.32 Å². The minimum absolute atomic E-state index is 0.286. The molecule has 1 atom stereocenters. The first-order valence-electron chi connectivity index (χ1n) is 7.25. The third-order valence-corrected chi connectivity index (χ3v) is 3.21. The van der Waals surface area contributed by atoms with Crippen molar-refractivity contribution in [1.82, 2.24) is 5.32 Å². The summed E-state index contributed by atoms with van der Waals surface area (Å²) in [5, 5.41) is 3.15. The first-order chi connectivity index (χ1) is 10.1. The van der Waals surface area contributed by atoms with Gasteiger partial charge in [0.1, 0.15) is 5.54 Å². The van der Waals surface area contributed by atoms with E-state index in [1.165, 1.54) is 7.11 Å². The van der Waals surface area contributed by atoms with Crippen LogP contribution < -0.4 is 14.8 Å². The summed E-state index contributed by atoms with van der Waals surface area (Å²) in [6, 6.07) is 7.51. The molecule has 0 radical (unpaired) electrons. The predicted molar refractivity (Wildman–Crippen MR) is 81.8 cm³/mol. The van der Waals surface area contributed by atoms with Gasteiger partial charge in [-0.1, -0.05) is 19.1 Å². The monoisotopic (exact) mass is 295 g/mol. The third kappa shape index (κ3) is 4.93. The summed E-state index contributed by atoms with van der Waals surface area (Å²) in [7, 11) is 1.39. The van der Waals surface area contributed by atoms with Gasteiger partial charge in [0.15, 0.2) is 11.5 Å². The van der Waals surface area contributed by atoms with Crippen molar-refractivity contribution in [3.8, 4) is 11.5 Å². The highest BCUT2D eigenvalue weighted by Crippen LogP contribution is 2.27. The van der Waals surface area contributed by atoms with Gasteiger partial charge in [0.05, 0.1) is 20.3 Å². The van der Waals surface area contributed by atoms with Crippen LogP contribution >= 0.6 is 0 Å². The molecule has 0 heterocycles. The molecule has 5 heteroatoms. The number of rotatable bonds is 9. The van der Waals surface area contributed by atoms with E-state index in [9.17, 15) is 4.79 Å². The fraction of sp³-hybridized carbons (Fsp3) is 0.562. The van der Waals surface area contributed by atoms with Crippen LogP contribution in [-0.4, -0.2) is 38.4 Å². The highest BCUT2D eigenvalue weighted by Gasteiger charge is 2.33. The molecule has 0 bridgehead atoms. The van der Waals surface area contributed by atoms with Crippen molar-refractivity contribution < 1.29 is 19.0 Å². The molecule has 0 aliphatic carbocycles. The Labute approximate surface area is 126 Å². The molecular weight excluding hydrogens is 270 g/mol. The number of likely N-dealkylation sites (N-methyl/N-ethyl adjacent to an activating group) is 1. The van der Waals surface area contributed by atoms with Crippen LogP contribution in [0.25, 0.3) is 0 Å². The average molecular weight is 295 g/mol. The number of benzene rings is 1. The standard InChI is InChI=1S/C16H25NO4/c1-5-17-16(3,15(18)19-4)11-12-21-14-10-8-7-9-13(14)20-6-2/h7-10,17H,5-6,11-12H2,1-4H3. The lowest BCUT2D eigenvalue weighted by atomic mass is 9.98. The molecule has 1 aromatic rings. The van der Waals surface area contributed by atoms with E-state index < -0.39 is 5.54 Å². The number of para-hydroxylation sites is 2. The minimum Gasteiger partial charge on any atom is -0.490 e. The average Bonchev–Trinajstić information content (AvgIpc) is 2.48. The van der Waals surface area contributed by atoms with Crippen LogP contribution in [0.3, 0.4) is 0 Å². The van der Waals surface area contributed by atoms with Gasteiger partial charge in [-0.15, -0.1) is 0 Å². The molecular formula is C16H25NO4. The van der Waals surface area contributed by atoms with Gasteiger partial charge in [0.2, 0.25) is 0 Å². The van der Waals surface area contributed by atoms with Gasteiger partial charge in [-0.25, -0.2) is 0 Å². The summed E-state index contributed by atoms with van der Waals surface area (Å²) in [4.78, 5) is 11.9. The Hall–Kier alpha value is -1.75. The molecule has 1 N–H and O–H groups in total. The van der Waals surface area contributed by atoms with Crippen LogP contribution in [0.2, 0.25) is 0 Å². The van der Waals surface area contributed by atoms with Crippen molar-refractivity contribution in [2.24, 2.45) is 0 Å². The number of carbonyl (C=O) groups is 1. The molecule has 5 nitrogen and oxygen atoms in total. The van der Waals surface area contributed by atoms with Crippen LogP contribution in [0.15, 0.2) is 24.3 Å². The van der Waals surface area contributed by atoms with E-state index in [-0.39, 0.29) is 5.97 Å².